The molecular weight excluding hydrogens is 482 g/mol. The zero-order valence-corrected chi connectivity index (χ0v) is 19.4. The quantitative estimate of drug-likeness (QED) is 0.309. The van der Waals surface area contributed by atoms with Crippen LogP contribution < -0.4 is 15.6 Å². The van der Waals surface area contributed by atoms with Crippen molar-refractivity contribution in [2.75, 3.05) is 11.6 Å². The van der Waals surface area contributed by atoms with Gasteiger partial charge in [0.15, 0.2) is 5.75 Å². The van der Waals surface area contributed by atoms with Crippen molar-refractivity contribution in [1.29, 1.82) is 0 Å². The SMILES string of the molecule is Cc1ncc(OC[C@@]2(c3ccc(Br)cc3)C[C@H]2C(=O)N(N)c2ccc(Cl)cn2)c(C)n1. The summed E-state index contributed by atoms with van der Waals surface area (Å²) in [5, 5.41) is 1.56. The highest BCUT2D eigenvalue weighted by Crippen LogP contribution is 2.55. The van der Waals surface area contributed by atoms with Gasteiger partial charge in [0.1, 0.15) is 11.6 Å². The van der Waals surface area contributed by atoms with Gasteiger partial charge < -0.3 is 4.74 Å². The summed E-state index contributed by atoms with van der Waals surface area (Å²) in [5.74, 6) is 7.17. The summed E-state index contributed by atoms with van der Waals surface area (Å²) in [6.07, 6.45) is 3.74. The molecule has 2 atom stereocenters. The fourth-order valence-electron chi connectivity index (χ4n) is 3.68. The number of nitrogens with two attached hydrogens (primary N) is 1. The van der Waals surface area contributed by atoms with Crippen LogP contribution in [0.25, 0.3) is 0 Å². The van der Waals surface area contributed by atoms with Crippen molar-refractivity contribution >= 4 is 39.3 Å². The molecule has 31 heavy (non-hydrogen) atoms. The summed E-state index contributed by atoms with van der Waals surface area (Å²) in [7, 11) is 0. The number of nitrogens with zero attached hydrogens (tertiary/aromatic N) is 4. The molecule has 160 valence electrons. The number of carbonyl (C=O) groups is 1. The molecule has 1 saturated carbocycles. The number of hydrogen-bond acceptors (Lipinski definition) is 6. The molecule has 1 aromatic carbocycles. The van der Waals surface area contributed by atoms with Crippen molar-refractivity contribution in [1.82, 2.24) is 15.0 Å². The Labute approximate surface area is 193 Å². The topological polar surface area (TPSA) is 94.2 Å². The first-order valence-corrected chi connectivity index (χ1v) is 10.9. The molecule has 3 aromatic rings. The lowest BCUT2D eigenvalue weighted by molar-refractivity contribution is -0.120. The van der Waals surface area contributed by atoms with Crippen LogP contribution in [0.5, 0.6) is 5.75 Å². The minimum absolute atomic E-state index is 0.224. The van der Waals surface area contributed by atoms with Crippen LogP contribution in [0.15, 0.2) is 53.3 Å². The normalized spacial score (nSPS) is 19.7. The molecule has 0 radical (unpaired) electrons. The fraction of sp³-hybridized carbons (Fsp3) is 0.273. The molecule has 7 nitrogen and oxygen atoms in total. The van der Waals surface area contributed by atoms with Crippen LogP contribution in [0, 0.1) is 19.8 Å². The van der Waals surface area contributed by atoms with Gasteiger partial charge in [-0.05, 0) is 50.1 Å². The van der Waals surface area contributed by atoms with E-state index in [1.54, 1.807) is 18.3 Å². The zero-order chi connectivity index (χ0) is 22.2. The van der Waals surface area contributed by atoms with E-state index in [2.05, 4.69) is 30.9 Å². The largest absolute Gasteiger partial charge is 0.489 e. The van der Waals surface area contributed by atoms with Crippen LogP contribution >= 0.6 is 27.5 Å². The predicted octanol–water partition coefficient (Wildman–Crippen LogP) is 4.15. The zero-order valence-electron chi connectivity index (χ0n) is 17.0. The molecule has 1 aliphatic rings. The average Bonchev–Trinajstić information content (AvgIpc) is 3.49. The third-order valence-electron chi connectivity index (χ3n) is 5.53. The minimum atomic E-state index is -0.501. The van der Waals surface area contributed by atoms with E-state index in [1.807, 2.05) is 38.1 Å². The lowest BCUT2D eigenvalue weighted by atomic mass is 9.93. The van der Waals surface area contributed by atoms with E-state index < -0.39 is 5.41 Å². The number of benzene rings is 1. The Morgan fingerprint density at radius 3 is 2.61 bits per heavy atom. The number of aromatic nitrogens is 3. The molecular formula is C22H21BrClN5O2. The first-order valence-electron chi connectivity index (χ1n) is 9.69. The van der Waals surface area contributed by atoms with Gasteiger partial charge in [-0.15, -0.1) is 0 Å². The molecule has 1 fully saturated rings. The lowest BCUT2D eigenvalue weighted by Gasteiger charge is -2.22. The van der Waals surface area contributed by atoms with Crippen LogP contribution in [0.1, 0.15) is 23.5 Å². The van der Waals surface area contributed by atoms with Crippen LogP contribution in [-0.2, 0) is 10.2 Å². The number of amides is 1. The minimum Gasteiger partial charge on any atom is -0.489 e. The first-order chi connectivity index (χ1) is 14.8. The fourth-order valence-corrected chi connectivity index (χ4v) is 4.06. The second-order valence-corrected chi connectivity index (χ2v) is 8.97. The van der Waals surface area contributed by atoms with Gasteiger partial charge in [0.05, 0.1) is 29.4 Å². The highest BCUT2D eigenvalue weighted by Gasteiger charge is 2.61. The Kier molecular flexibility index (Phi) is 5.96. The molecule has 0 saturated heterocycles. The monoisotopic (exact) mass is 501 g/mol. The average molecular weight is 503 g/mol. The van der Waals surface area contributed by atoms with Gasteiger partial charge in [-0.2, -0.15) is 0 Å². The van der Waals surface area contributed by atoms with Gasteiger partial charge in [0, 0.05) is 16.1 Å². The first kappa shape index (κ1) is 21.7. The van der Waals surface area contributed by atoms with Gasteiger partial charge >= 0.3 is 0 Å². The Hall–Kier alpha value is -2.55. The molecule has 0 spiro atoms. The van der Waals surface area contributed by atoms with E-state index in [1.165, 1.54) is 6.20 Å². The molecule has 0 unspecified atom stereocenters. The van der Waals surface area contributed by atoms with Crippen molar-refractivity contribution in [3.05, 3.63) is 75.4 Å². The molecule has 1 aliphatic carbocycles. The van der Waals surface area contributed by atoms with Gasteiger partial charge in [-0.25, -0.2) is 25.8 Å². The maximum Gasteiger partial charge on any atom is 0.246 e. The number of carbonyl (C=O) groups excluding carboxylic acids is 1. The number of hydrogen-bond donors (Lipinski definition) is 1. The van der Waals surface area contributed by atoms with Crippen LogP contribution in [0.2, 0.25) is 5.02 Å². The molecule has 9 heteroatoms. The number of halogens is 2. The maximum atomic E-state index is 13.2. The molecule has 2 aromatic heterocycles. The summed E-state index contributed by atoms with van der Waals surface area (Å²) in [6, 6.07) is 11.2. The molecule has 2 N–H and O–H groups in total. The summed E-state index contributed by atoms with van der Waals surface area (Å²) in [4.78, 5) is 25.9. The second-order valence-electron chi connectivity index (χ2n) is 7.62. The number of pyridine rings is 1. The summed E-state index contributed by atoms with van der Waals surface area (Å²) in [5.41, 5.74) is 1.27. The van der Waals surface area contributed by atoms with E-state index >= 15 is 0 Å². The summed E-state index contributed by atoms with van der Waals surface area (Å²) >= 11 is 9.36. The third-order valence-corrected chi connectivity index (χ3v) is 6.28. The van der Waals surface area contributed by atoms with Gasteiger partial charge in [0.25, 0.3) is 0 Å². The van der Waals surface area contributed by atoms with Crippen LogP contribution in [-0.4, -0.2) is 27.5 Å². The highest BCUT2D eigenvalue weighted by molar-refractivity contribution is 9.10. The molecule has 4 rings (SSSR count). The van der Waals surface area contributed by atoms with Gasteiger partial charge in [-0.1, -0.05) is 39.7 Å². The van der Waals surface area contributed by atoms with Crippen molar-refractivity contribution < 1.29 is 9.53 Å². The van der Waals surface area contributed by atoms with E-state index in [0.29, 0.717) is 35.4 Å². The second kappa shape index (κ2) is 8.53. The number of rotatable bonds is 6. The smallest absolute Gasteiger partial charge is 0.246 e. The Morgan fingerprint density at radius 1 is 1.23 bits per heavy atom. The number of anilines is 1. The molecule has 0 aliphatic heterocycles. The van der Waals surface area contributed by atoms with Gasteiger partial charge in [-0.3, -0.25) is 4.79 Å². The highest BCUT2D eigenvalue weighted by atomic mass is 79.9. The van der Waals surface area contributed by atoms with Crippen LogP contribution in [0.3, 0.4) is 0 Å². The van der Waals surface area contributed by atoms with Crippen LogP contribution in [0.4, 0.5) is 5.82 Å². The molecule has 0 bridgehead atoms. The lowest BCUT2D eigenvalue weighted by Crippen LogP contribution is -2.41. The molecule has 2 heterocycles. The van der Waals surface area contributed by atoms with Crippen molar-refractivity contribution in [3.8, 4) is 5.75 Å². The Morgan fingerprint density at radius 2 is 1.97 bits per heavy atom. The third kappa shape index (κ3) is 4.42. The van der Waals surface area contributed by atoms with E-state index in [9.17, 15) is 4.79 Å². The Bertz CT molecular complexity index is 1110. The van der Waals surface area contributed by atoms with Crippen molar-refractivity contribution in [2.45, 2.75) is 25.7 Å². The van der Waals surface area contributed by atoms with E-state index in [-0.39, 0.29) is 11.8 Å². The van der Waals surface area contributed by atoms with Crippen molar-refractivity contribution in [3.63, 3.8) is 0 Å². The maximum absolute atomic E-state index is 13.2. The Balaban J connectivity index is 1.59. The number of ether oxygens (including phenoxy) is 1. The van der Waals surface area contributed by atoms with E-state index in [0.717, 1.165) is 20.7 Å². The predicted molar refractivity (Wildman–Crippen MR) is 122 cm³/mol. The van der Waals surface area contributed by atoms with Crippen molar-refractivity contribution in [2.24, 2.45) is 11.8 Å². The standard InChI is InChI=1S/C22H21BrClN5O2/c1-13-19(11-26-14(2)28-13)31-12-22(15-3-5-16(23)6-4-15)9-18(22)21(30)29(25)20-8-7-17(24)10-27-20/h3-8,10-11,18H,9,12,25H2,1-2H3/t18-,22+/m0/s1. The van der Waals surface area contributed by atoms with Gasteiger partial charge in [0.2, 0.25) is 5.91 Å². The summed E-state index contributed by atoms with van der Waals surface area (Å²) in [6.45, 7) is 4.01. The van der Waals surface area contributed by atoms with E-state index in [4.69, 9.17) is 22.2 Å². The summed E-state index contributed by atoms with van der Waals surface area (Å²) < 4.78 is 7.07. The molecule has 1 amide bonds. The number of aryl methyl sites for hydroxylation is 2. The number of hydrazine groups is 1.